The number of aromatic nitrogens is 4. The number of hydrogen-bond donors (Lipinski definition) is 1. The molecule has 5 heteroatoms. The zero-order valence-corrected chi connectivity index (χ0v) is 12.7. The third-order valence-corrected chi connectivity index (χ3v) is 3.85. The Labute approximate surface area is 124 Å². The molecule has 0 saturated heterocycles. The second-order valence-corrected chi connectivity index (χ2v) is 5.43. The molecule has 0 amide bonds. The molecular formula is C16H21N5. The lowest BCUT2D eigenvalue weighted by Gasteiger charge is -2.10. The Morgan fingerprint density at radius 2 is 2.00 bits per heavy atom. The van der Waals surface area contributed by atoms with Crippen molar-refractivity contribution in [1.29, 1.82) is 0 Å². The molecule has 0 fully saturated rings. The van der Waals surface area contributed by atoms with Gasteiger partial charge in [0.05, 0.1) is 22.9 Å². The van der Waals surface area contributed by atoms with Gasteiger partial charge in [0.2, 0.25) is 0 Å². The summed E-state index contributed by atoms with van der Waals surface area (Å²) in [5, 5.41) is 10.2. The van der Waals surface area contributed by atoms with Crippen molar-refractivity contribution >= 4 is 10.9 Å². The molecule has 1 atom stereocenters. The molecule has 2 heterocycles. The Morgan fingerprint density at radius 3 is 2.76 bits per heavy atom. The van der Waals surface area contributed by atoms with Crippen LogP contribution in [0.1, 0.15) is 30.0 Å². The minimum absolute atomic E-state index is 0.127. The minimum Gasteiger partial charge on any atom is -0.322 e. The molecule has 0 aliphatic heterocycles. The van der Waals surface area contributed by atoms with Crippen molar-refractivity contribution in [2.24, 2.45) is 12.8 Å². The fourth-order valence-electron chi connectivity index (χ4n) is 2.87. The van der Waals surface area contributed by atoms with E-state index in [0.717, 1.165) is 41.0 Å². The molecule has 0 spiro atoms. The Kier molecular flexibility index (Phi) is 3.51. The maximum atomic E-state index is 6.42. The molecule has 3 rings (SSSR count). The van der Waals surface area contributed by atoms with E-state index in [1.54, 1.807) is 0 Å². The van der Waals surface area contributed by atoms with Gasteiger partial charge in [-0.15, -0.1) is 0 Å². The van der Waals surface area contributed by atoms with E-state index in [4.69, 9.17) is 5.73 Å². The molecule has 110 valence electrons. The first-order valence-electron chi connectivity index (χ1n) is 7.30. The molecule has 1 aromatic carbocycles. The van der Waals surface area contributed by atoms with Crippen molar-refractivity contribution in [1.82, 2.24) is 19.6 Å². The number of nitrogens with zero attached hydrogens (tertiary/aromatic N) is 4. The van der Waals surface area contributed by atoms with Crippen molar-refractivity contribution in [3.63, 3.8) is 0 Å². The molecule has 2 aromatic heterocycles. The summed E-state index contributed by atoms with van der Waals surface area (Å²) in [7, 11) is 1.96. The van der Waals surface area contributed by atoms with Gasteiger partial charge in [-0.25, -0.2) is 0 Å². The molecule has 0 aliphatic carbocycles. The molecule has 0 radical (unpaired) electrons. The first kappa shape index (κ1) is 13.8. The summed E-state index contributed by atoms with van der Waals surface area (Å²) in [6.07, 6.45) is 0.746. The molecule has 2 N–H and O–H groups in total. The van der Waals surface area contributed by atoms with Crippen LogP contribution in [-0.4, -0.2) is 19.6 Å². The normalized spacial score (nSPS) is 13.0. The van der Waals surface area contributed by atoms with Crippen LogP contribution in [0.25, 0.3) is 10.9 Å². The fourth-order valence-corrected chi connectivity index (χ4v) is 2.87. The Balaban J connectivity index is 1.95. The lowest BCUT2D eigenvalue weighted by molar-refractivity contribution is 0.578. The summed E-state index contributed by atoms with van der Waals surface area (Å²) in [6.45, 7) is 4.97. The number of benzene rings is 1. The highest BCUT2D eigenvalue weighted by atomic mass is 15.3. The number of rotatable bonds is 4. The van der Waals surface area contributed by atoms with Crippen LogP contribution in [0.3, 0.4) is 0 Å². The van der Waals surface area contributed by atoms with Gasteiger partial charge >= 0.3 is 0 Å². The van der Waals surface area contributed by atoms with Crippen molar-refractivity contribution in [3.05, 3.63) is 47.4 Å². The third kappa shape index (κ3) is 2.45. The molecule has 0 aliphatic rings. The zero-order chi connectivity index (χ0) is 15.0. The number of hydrogen-bond acceptors (Lipinski definition) is 3. The van der Waals surface area contributed by atoms with E-state index in [1.807, 2.05) is 35.5 Å². The Morgan fingerprint density at radius 1 is 1.24 bits per heavy atom. The van der Waals surface area contributed by atoms with Crippen LogP contribution in [-0.2, 0) is 20.0 Å². The largest absolute Gasteiger partial charge is 0.322 e. The Hall–Kier alpha value is -2.14. The summed E-state index contributed by atoms with van der Waals surface area (Å²) < 4.78 is 3.91. The van der Waals surface area contributed by atoms with Crippen LogP contribution in [0.5, 0.6) is 0 Å². The van der Waals surface area contributed by atoms with Crippen LogP contribution in [0, 0.1) is 6.92 Å². The molecule has 21 heavy (non-hydrogen) atoms. The molecule has 0 bridgehead atoms. The number of aryl methyl sites for hydroxylation is 3. The predicted molar refractivity (Wildman–Crippen MR) is 84.0 cm³/mol. The number of fused-ring (bicyclic) bond motifs is 1. The second kappa shape index (κ2) is 5.33. The minimum atomic E-state index is -0.127. The maximum Gasteiger partial charge on any atom is 0.0874 e. The van der Waals surface area contributed by atoms with Gasteiger partial charge in [0.25, 0.3) is 0 Å². The maximum absolute atomic E-state index is 6.42. The zero-order valence-electron chi connectivity index (χ0n) is 12.7. The average Bonchev–Trinajstić information content (AvgIpc) is 3.00. The van der Waals surface area contributed by atoms with E-state index in [-0.39, 0.29) is 6.04 Å². The van der Waals surface area contributed by atoms with Crippen LogP contribution in [0.2, 0.25) is 0 Å². The lowest BCUT2D eigenvalue weighted by atomic mass is 10.0. The van der Waals surface area contributed by atoms with Gasteiger partial charge in [-0.1, -0.05) is 18.2 Å². The lowest BCUT2D eigenvalue weighted by Crippen LogP contribution is -2.17. The second-order valence-electron chi connectivity index (χ2n) is 5.43. The summed E-state index contributed by atoms with van der Waals surface area (Å²) in [4.78, 5) is 0. The van der Waals surface area contributed by atoms with Crippen molar-refractivity contribution < 1.29 is 0 Å². The molecule has 3 aromatic rings. The summed E-state index contributed by atoms with van der Waals surface area (Å²) in [5.41, 5.74) is 10.7. The van der Waals surface area contributed by atoms with Crippen LogP contribution >= 0.6 is 0 Å². The molecule has 5 nitrogen and oxygen atoms in total. The van der Waals surface area contributed by atoms with Gasteiger partial charge in [0, 0.05) is 31.1 Å². The van der Waals surface area contributed by atoms with Crippen LogP contribution in [0.4, 0.5) is 0 Å². The predicted octanol–water partition coefficient (Wildman–Crippen LogP) is 2.34. The van der Waals surface area contributed by atoms with E-state index in [1.165, 1.54) is 0 Å². The van der Waals surface area contributed by atoms with E-state index in [2.05, 4.69) is 35.3 Å². The topological polar surface area (TPSA) is 61.7 Å². The fraction of sp³-hybridized carbons (Fsp3) is 0.375. The van der Waals surface area contributed by atoms with Gasteiger partial charge < -0.3 is 5.73 Å². The van der Waals surface area contributed by atoms with Gasteiger partial charge in [-0.2, -0.15) is 10.2 Å². The van der Waals surface area contributed by atoms with Crippen molar-refractivity contribution in [3.8, 4) is 0 Å². The van der Waals surface area contributed by atoms with E-state index in [0.29, 0.717) is 0 Å². The van der Waals surface area contributed by atoms with E-state index >= 15 is 0 Å². The molecule has 0 saturated carbocycles. The van der Waals surface area contributed by atoms with E-state index < -0.39 is 0 Å². The highest BCUT2D eigenvalue weighted by Gasteiger charge is 2.17. The van der Waals surface area contributed by atoms with Gasteiger partial charge in [-0.05, 0) is 26.0 Å². The van der Waals surface area contributed by atoms with Crippen molar-refractivity contribution in [2.45, 2.75) is 32.9 Å². The highest BCUT2D eigenvalue weighted by molar-refractivity contribution is 5.82. The number of para-hydroxylation sites is 1. The monoisotopic (exact) mass is 283 g/mol. The summed E-state index contributed by atoms with van der Waals surface area (Å²) in [6, 6.07) is 10.2. The number of nitrogens with two attached hydrogens (primary N) is 1. The van der Waals surface area contributed by atoms with Crippen LogP contribution < -0.4 is 5.73 Å². The smallest absolute Gasteiger partial charge is 0.0874 e. The molecular weight excluding hydrogens is 262 g/mol. The standard InChI is InChI=1S/C16H21N5/c1-4-21-12(9-11(2)18-21)10-14(17)16-13-7-5-6-8-15(13)20(3)19-16/h5-9,14H,4,10,17H2,1-3H3. The average molecular weight is 283 g/mol. The van der Waals surface area contributed by atoms with Crippen molar-refractivity contribution in [2.75, 3.05) is 0 Å². The quantitative estimate of drug-likeness (QED) is 0.799. The van der Waals surface area contributed by atoms with Gasteiger partial charge in [-0.3, -0.25) is 9.36 Å². The van der Waals surface area contributed by atoms with E-state index in [9.17, 15) is 0 Å². The first-order chi connectivity index (χ1) is 10.1. The summed E-state index contributed by atoms with van der Waals surface area (Å²) in [5.74, 6) is 0. The highest BCUT2D eigenvalue weighted by Crippen LogP contribution is 2.24. The van der Waals surface area contributed by atoms with Gasteiger partial charge in [0.15, 0.2) is 0 Å². The van der Waals surface area contributed by atoms with Gasteiger partial charge in [0.1, 0.15) is 0 Å². The van der Waals surface area contributed by atoms with Crippen LogP contribution in [0.15, 0.2) is 30.3 Å². The SMILES string of the molecule is CCn1nc(C)cc1CC(N)c1nn(C)c2ccccc12. The Bertz CT molecular complexity index is 768. The molecule has 1 unspecified atom stereocenters. The first-order valence-corrected chi connectivity index (χ1v) is 7.30. The third-order valence-electron chi connectivity index (χ3n) is 3.85. The summed E-state index contributed by atoms with van der Waals surface area (Å²) >= 11 is 0.